The molecule has 0 saturated carbocycles. The summed E-state index contributed by atoms with van der Waals surface area (Å²) in [5, 5.41) is 0. The third-order valence-electron chi connectivity index (χ3n) is 0.795. The largest absolute Gasteiger partial charge is 0.298 e. The van der Waals surface area contributed by atoms with Crippen LogP contribution in [-0.4, -0.2) is 26.2 Å². The van der Waals surface area contributed by atoms with Crippen LogP contribution in [0, 0.1) is 0 Å². The minimum atomic E-state index is -3.14. The molecule has 0 aromatic heterocycles. The molecule has 0 saturated heterocycles. The number of carbonyl (C=O) groups excluding carboxylic acids is 1. The van der Waals surface area contributed by atoms with Gasteiger partial charge in [-0.05, 0) is 0 Å². The quantitative estimate of drug-likeness (QED) is 0.554. The van der Waals surface area contributed by atoms with Crippen molar-refractivity contribution < 1.29 is 13.2 Å². The van der Waals surface area contributed by atoms with E-state index in [-0.39, 0.29) is 18.0 Å². The summed E-state index contributed by atoms with van der Waals surface area (Å²) in [6, 6.07) is 0. The van der Waals surface area contributed by atoms with Crippen LogP contribution in [0.2, 0.25) is 0 Å². The van der Waals surface area contributed by atoms with Crippen molar-refractivity contribution >= 4 is 15.6 Å². The molecule has 0 N–H and O–H groups in total. The molecule has 0 aliphatic heterocycles. The highest BCUT2D eigenvalue weighted by molar-refractivity contribution is 7.91. The lowest BCUT2D eigenvalue weighted by Gasteiger charge is -1.92. The van der Waals surface area contributed by atoms with Crippen molar-refractivity contribution in [3.63, 3.8) is 0 Å². The van der Waals surface area contributed by atoms with Crippen molar-refractivity contribution in [1.82, 2.24) is 0 Å². The van der Waals surface area contributed by atoms with Crippen LogP contribution in [0.1, 0.15) is 6.42 Å². The van der Waals surface area contributed by atoms with E-state index in [4.69, 9.17) is 0 Å². The zero-order valence-electron chi connectivity index (χ0n) is 5.83. The first-order chi connectivity index (χ1) is 4.45. The van der Waals surface area contributed by atoms with Crippen molar-refractivity contribution in [1.29, 1.82) is 0 Å². The monoisotopic (exact) mass is 162 g/mol. The highest BCUT2D eigenvalue weighted by atomic mass is 32.2. The Morgan fingerprint density at radius 1 is 1.60 bits per heavy atom. The van der Waals surface area contributed by atoms with E-state index >= 15 is 0 Å². The summed E-state index contributed by atoms with van der Waals surface area (Å²) in [6.45, 7) is 3.32. The molecule has 0 fully saturated rings. The smallest absolute Gasteiger partial charge is 0.154 e. The van der Waals surface area contributed by atoms with E-state index in [0.29, 0.717) is 0 Å². The van der Waals surface area contributed by atoms with Crippen molar-refractivity contribution in [3.05, 3.63) is 12.7 Å². The van der Waals surface area contributed by atoms with Gasteiger partial charge in [0.05, 0.1) is 0 Å². The minimum Gasteiger partial charge on any atom is -0.298 e. The SMILES string of the molecule is C=CCC(=O)CS(C)(=O)=O. The summed E-state index contributed by atoms with van der Waals surface area (Å²) in [5.41, 5.74) is 0. The van der Waals surface area contributed by atoms with E-state index in [1.807, 2.05) is 0 Å². The first-order valence-corrected chi connectivity index (χ1v) is 4.82. The molecule has 0 radical (unpaired) electrons. The molecule has 0 aromatic carbocycles. The lowest BCUT2D eigenvalue weighted by Crippen LogP contribution is -2.12. The summed E-state index contributed by atoms with van der Waals surface area (Å²) < 4.78 is 20.9. The molecule has 10 heavy (non-hydrogen) atoms. The Hall–Kier alpha value is -0.640. The lowest BCUT2D eigenvalue weighted by atomic mass is 10.3. The Balaban J connectivity index is 3.93. The summed E-state index contributed by atoms with van der Waals surface area (Å²) in [4.78, 5) is 10.6. The van der Waals surface area contributed by atoms with Gasteiger partial charge in [0.1, 0.15) is 5.75 Å². The number of hydrogen-bond acceptors (Lipinski definition) is 3. The van der Waals surface area contributed by atoms with E-state index in [9.17, 15) is 13.2 Å². The van der Waals surface area contributed by atoms with Gasteiger partial charge in [0.25, 0.3) is 0 Å². The molecule has 0 heterocycles. The maximum atomic E-state index is 10.6. The fourth-order valence-corrected chi connectivity index (χ4v) is 1.22. The first kappa shape index (κ1) is 9.36. The van der Waals surface area contributed by atoms with Crippen LogP contribution in [0.3, 0.4) is 0 Å². The van der Waals surface area contributed by atoms with Crippen molar-refractivity contribution in [2.45, 2.75) is 6.42 Å². The molecule has 0 rings (SSSR count). The molecule has 0 aromatic rings. The van der Waals surface area contributed by atoms with E-state index in [1.54, 1.807) is 0 Å². The standard InChI is InChI=1S/C6H10O3S/c1-3-4-6(7)5-10(2,8)9/h3H,1,4-5H2,2H3. The second kappa shape index (κ2) is 3.51. The number of ketones is 1. The molecule has 0 bridgehead atoms. The Morgan fingerprint density at radius 2 is 2.10 bits per heavy atom. The van der Waals surface area contributed by atoms with E-state index in [2.05, 4.69) is 6.58 Å². The zero-order valence-corrected chi connectivity index (χ0v) is 6.65. The molecule has 3 nitrogen and oxygen atoms in total. The Morgan fingerprint density at radius 3 is 2.40 bits per heavy atom. The third-order valence-corrected chi connectivity index (χ3v) is 1.64. The van der Waals surface area contributed by atoms with Gasteiger partial charge >= 0.3 is 0 Å². The second-order valence-corrected chi connectivity index (χ2v) is 4.24. The van der Waals surface area contributed by atoms with Gasteiger partial charge in [0.2, 0.25) is 0 Å². The Labute approximate surface area is 60.7 Å². The molecule has 0 aliphatic carbocycles. The highest BCUT2D eigenvalue weighted by Gasteiger charge is 2.07. The molecular formula is C6H10O3S. The van der Waals surface area contributed by atoms with E-state index < -0.39 is 9.84 Å². The highest BCUT2D eigenvalue weighted by Crippen LogP contribution is 1.89. The second-order valence-electron chi connectivity index (χ2n) is 2.10. The van der Waals surface area contributed by atoms with Crippen molar-refractivity contribution in [2.75, 3.05) is 12.0 Å². The lowest BCUT2D eigenvalue weighted by molar-refractivity contribution is -0.115. The van der Waals surface area contributed by atoms with Crippen LogP contribution in [-0.2, 0) is 14.6 Å². The van der Waals surface area contributed by atoms with Gasteiger partial charge in [-0.25, -0.2) is 8.42 Å². The fraction of sp³-hybridized carbons (Fsp3) is 0.500. The van der Waals surface area contributed by atoms with E-state index in [0.717, 1.165) is 6.26 Å². The number of hydrogen-bond donors (Lipinski definition) is 0. The summed E-state index contributed by atoms with van der Waals surface area (Å²) >= 11 is 0. The topological polar surface area (TPSA) is 51.2 Å². The van der Waals surface area contributed by atoms with Crippen LogP contribution >= 0.6 is 0 Å². The van der Waals surface area contributed by atoms with Crippen LogP contribution in [0.15, 0.2) is 12.7 Å². The Kier molecular flexibility index (Phi) is 3.28. The summed E-state index contributed by atoms with van der Waals surface area (Å²) in [5.74, 6) is -0.684. The molecule has 0 aliphatic rings. The van der Waals surface area contributed by atoms with E-state index in [1.165, 1.54) is 6.08 Å². The van der Waals surface area contributed by atoms with Gasteiger partial charge in [0, 0.05) is 12.7 Å². The van der Waals surface area contributed by atoms with Crippen molar-refractivity contribution in [3.8, 4) is 0 Å². The zero-order chi connectivity index (χ0) is 8.20. The van der Waals surface area contributed by atoms with Gasteiger partial charge in [-0.3, -0.25) is 4.79 Å². The average Bonchev–Trinajstić information content (AvgIpc) is 1.59. The van der Waals surface area contributed by atoms with Gasteiger partial charge in [-0.2, -0.15) is 0 Å². The first-order valence-electron chi connectivity index (χ1n) is 2.76. The van der Waals surface area contributed by atoms with Crippen LogP contribution in [0.4, 0.5) is 0 Å². The van der Waals surface area contributed by atoms with Gasteiger partial charge in [-0.15, -0.1) is 6.58 Å². The number of rotatable bonds is 4. The van der Waals surface area contributed by atoms with Gasteiger partial charge < -0.3 is 0 Å². The third kappa shape index (κ3) is 5.50. The number of Topliss-reactive ketones (excluding diaryl/α,β-unsaturated/α-hetero) is 1. The average molecular weight is 162 g/mol. The summed E-state index contributed by atoms with van der Waals surface area (Å²) in [7, 11) is -3.14. The predicted octanol–water partition coefficient (Wildman–Crippen LogP) is 0.176. The minimum absolute atomic E-state index is 0.132. The maximum Gasteiger partial charge on any atom is 0.154 e. The molecule has 0 atom stereocenters. The van der Waals surface area contributed by atoms with Crippen LogP contribution in [0.25, 0.3) is 0 Å². The molecule has 58 valence electrons. The molecule has 4 heteroatoms. The summed E-state index contributed by atoms with van der Waals surface area (Å²) in [6.07, 6.45) is 2.56. The predicted molar refractivity (Wildman–Crippen MR) is 39.5 cm³/mol. The van der Waals surface area contributed by atoms with Crippen LogP contribution in [0.5, 0.6) is 0 Å². The van der Waals surface area contributed by atoms with Gasteiger partial charge in [0.15, 0.2) is 15.6 Å². The number of sulfone groups is 1. The number of carbonyl (C=O) groups is 1. The number of allylic oxidation sites excluding steroid dienone is 1. The van der Waals surface area contributed by atoms with Gasteiger partial charge in [-0.1, -0.05) is 6.08 Å². The molecular weight excluding hydrogens is 152 g/mol. The normalized spacial score (nSPS) is 10.9. The Bertz CT molecular complexity index is 225. The van der Waals surface area contributed by atoms with Crippen LogP contribution < -0.4 is 0 Å². The molecule has 0 amide bonds. The fourth-order valence-electron chi connectivity index (χ4n) is 0.512. The maximum absolute atomic E-state index is 10.6. The molecule has 0 unspecified atom stereocenters. The van der Waals surface area contributed by atoms with Crippen molar-refractivity contribution in [2.24, 2.45) is 0 Å². The molecule has 0 spiro atoms.